The van der Waals surface area contributed by atoms with Gasteiger partial charge in [0.15, 0.2) is 11.5 Å². The van der Waals surface area contributed by atoms with Gasteiger partial charge in [0.1, 0.15) is 17.6 Å². The van der Waals surface area contributed by atoms with E-state index in [1.54, 1.807) is 13.8 Å². The molecule has 8 nitrogen and oxygen atoms in total. The second-order valence-electron chi connectivity index (χ2n) is 4.84. The zero-order valence-corrected chi connectivity index (χ0v) is 14.3. The molecule has 0 N–H and O–H groups in total. The smallest absolute Gasteiger partial charge is 0.293 e. The molecule has 8 heteroatoms. The zero-order chi connectivity index (χ0) is 18.3. The van der Waals surface area contributed by atoms with Gasteiger partial charge in [-0.3, -0.25) is 14.9 Å². The molecule has 0 radical (unpaired) electrons. The van der Waals surface area contributed by atoms with Crippen molar-refractivity contribution >= 4 is 12.2 Å². The Bertz CT molecular complexity index is 640. The van der Waals surface area contributed by atoms with Crippen LogP contribution in [0.25, 0.3) is 0 Å². The van der Waals surface area contributed by atoms with Gasteiger partial charge < -0.3 is 18.9 Å². The fourth-order valence-corrected chi connectivity index (χ4v) is 2.00. The Kier molecular flexibility index (Phi) is 7.03. The molecule has 132 valence electrons. The van der Waals surface area contributed by atoms with E-state index in [0.717, 1.165) is 0 Å². The average Bonchev–Trinajstić information content (AvgIpc) is 2.54. The van der Waals surface area contributed by atoms with E-state index < -0.39 is 11.0 Å². The van der Waals surface area contributed by atoms with E-state index >= 15 is 0 Å². The predicted octanol–water partition coefficient (Wildman–Crippen LogP) is 3.50. The number of hydrogen-bond acceptors (Lipinski definition) is 7. The molecule has 1 aromatic carbocycles. The van der Waals surface area contributed by atoms with Crippen molar-refractivity contribution < 1.29 is 28.7 Å². The van der Waals surface area contributed by atoms with Crippen molar-refractivity contribution in [3.05, 3.63) is 39.3 Å². The number of methoxy groups -OCH3 is 1. The molecule has 0 heterocycles. The second kappa shape index (κ2) is 8.76. The Balaban J connectivity index is 3.36. The first kappa shape index (κ1) is 19.3. The first-order valence-corrected chi connectivity index (χ1v) is 7.29. The lowest BCUT2D eigenvalue weighted by molar-refractivity contribution is -0.386. The number of nitro benzene ring substituents is 1. The summed E-state index contributed by atoms with van der Waals surface area (Å²) >= 11 is 0. The van der Waals surface area contributed by atoms with Crippen LogP contribution in [0.2, 0.25) is 0 Å². The SMILES string of the molecule is CCO/C(C)=C(\C)Oc1cc([N+](=O)[O-])c(C(C)OC=O)cc1OC. The number of benzene rings is 1. The molecule has 0 spiro atoms. The van der Waals surface area contributed by atoms with Crippen molar-refractivity contribution in [3.8, 4) is 11.5 Å². The molecule has 1 aromatic rings. The normalized spacial score (nSPS) is 12.7. The molecule has 0 aliphatic rings. The van der Waals surface area contributed by atoms with E-state index in [1.807, 2.05) is 6.92 Å². The van der Waals surface area contributed by atoms with Gasteiger partial charge in [-0.1, -0.05) is 0 Å². The number of nitrogens with zero attached hydrogens (tertiary/aromatic N) is 1. The van der Waals surface area contributed by atoms with Crippen molar-refractivity contribution in [1.29, 1.82) is 0 Å². The largest absolute Gasteiger partial charge is 0.495 e. The summed E-state index contributed by atoms with van der Waals surface area (Å²) in [4.78, 5) is 21.3. The van der Waals surface area contributed by atoms with Gasteiger partial charge in [0.25, 0.3) is 12.2 Å². The van der Waals surface area contributed by atoms with Gasteiger partial charge >= 0.3 is 0 Å². The quantitative estimate of drug-likeness (QED) is 0.294. The highest BCUT2D eigenvalue weighted by atomic mass is 16.6. The molecule has 24 heavy (non-hydrogen) atoms. The van der Waals surface area contributed by atoms with Crippen molar-refractivity contribution in [2.45, 2.75) is 33.8 Å². The summed E-state index contributed by atoms with van der Waals surface area (Å²) in [5, 5.41) is 11.3. The van der Waals surface area contributed by atoms with Gasteiger partial charge in [-0.15, -0.1) is 0 Å². The Morgan fingerprint density at radius 3 is 2.46 bits per heavy atom. The molecule has 0 aliphatic heterocycles. The molecular weight excluding hydrogens is 318 g/mol. The topological polar surface area (TPSA) is 97.1 Å². The van der Waals surface area contributed by atoms with Crippen molar-refractivity contribution in [2.75, 3.05) is 13.7 Å². The zero-order valence-electron chi connectivity index (χ0n) is 14.3. The van der Waals surface area contributed by atoms with E-state index in [2.05, 4.69) is 0 Å². The average molecular weight is 339 g/mol. The lowest BCUT2D eigenvalue weighted by Crippen LogP contribution is -2.06. The van der Waals surface area contributed by atoms with E-state index in [4.69, 9.17) is 18.9 Å². The van der Waals surface area contributed by atoms with Crippen LogP contribution in [0.5, 0.6) is 11.5 Å². The number of carbonyl (C=O) groups excluding carboxylic acids is 1. The van der Waals surface area contributed by atoms with E-state index in [9.17, 15) is 14.9 Å². The summed E-state index contributed by atoms with van der Waals surface area (Å²) in [5.41, 5.74) is -0.0264. The first-order valence-electron chi connectivity index (χ1n) is 7.29. The Morgan fingerprint density at radius 2 is 1.96 bits per heavy atom. The summed E-state index contributed by atoms with van der Waals surface area (Å²) in [6.45, 7) is 7.50. The molecule has 0 aromatic heterocycles. The van der Waals surface area contributed by atoms with Crippen LogP contribution in [0.3, 0.4) is 0 Å². The summed E-state index contributed by atoms with van der Waals surface area (Å²) in [5.74, 6) is 1.46. The second-order valence-corrected chi connectivity index (χ2v) is 4.84. The number of hydrogen-bond donors (Lipinski definition) is 0. The Hall–Kier alpha value is -2.77. The van der Waals surface area contributed by atoms with Gasteiger partial charge in [0, 0.05) is 0 Å². The first-order chi connectivity index (χ1) is 11.3. The third-order valence-corrected chi connectivity index (χ3v) is 3.33. The monoisotopic (exact) mass is 339 g/mol. The third-order valence-electron chi connectivity index (χ3n) is 3.33. The lowest BCUT2D eigenvalue weighted by atomic mass is 10.1. The minimum Gasteiger partial charge on any atom is -0.495 e. The standard InChI is InChI=1S/C16H21NO7/c1-6-22-10(2)11(3)24-16-8-14(17(19)20)13(7-15(16)21-5)12(4)23-9-18/h7-9,12H,6H2,1-5H3/b11-10+. The number of allylic oxidation sites excluding steroid dienone is 2. The minimum atomic E-state index is -0.798. The summed E-state index contributed by atoms with van der Waals surface area (Å²) in [6.07, 6.45) is -0.798. The minimum absolute atomic E-state index is 0.169. The van der Waals surface area contributed by atoms with Crippen molar-refractivity contribution in [1.82, 2.24) is 0 Å². The van der Waals surface area contributed by atoms with Crippen LogP contribution >= 0.6 is 0 Å². The third kappa shape index (κ3) is 4.61. The number of ether oxygens (including phenoxy) is 4. The van der Waals surface area contributed by atoms with Crippen molar-refractivity contribution in [2.24, 2.45) is 0 Å². The number of nitro groups is 1. The molecule has 1 atom stereocenters. The molecule has 0 amide bonds. The number of rotatable bonds is 9. The van der Waals surface area contributed by atoms with Crippen LogP contribution in [-0.2, 0) is 14.3 Å². The summed E-state index contributed by atoms with van der Waals surface area (Å²) < 4.78 is 21.0. The summed E-state index contributed by atoms with van der Waals surface area (Å²) in [7, 11) is 1.41. The maximum Gasteiger partial charge on any atom is 0.293 e. The van der Waals surface area contributed by atoms with E-state index in [1.165, 1.54) is 26.2 Å². The molecule has 0 saturated carbocycles. The molecule has 0 bridgehead atoms. The van der Waals surface area contributed by atoms with Gasteiger partial charge in [-0.2, -0.15) is 0 Å². The van der Waals surface area contributed by atoms with E-state index in [0.29, 0.717) is 18.1 Å². The van der Waals surface area contributed by atoms with Gasteiger partial charge in [0.2, 0.25) is 0 Å². The molecule has 1 rings (SSSR count). The molecule has 0 fully saturated rings. The summed E-state index contributed by atoms with van der Waals surface area (Å²) in [6, 6.07) is 2.66. The highest BCUT2D eigenvalue weighted by Gasteiger charge is 2.25. The molecule has 0 saturated heterocycles. The highest BCUT2D eigenvalue weighted by molar-refractivity contribution is 5.56. The van der Waals surface area contributed by atoms with Crippen LogP contribution in [0.15, 0.2) is 23.7 Å². The molecule has 1 unspecified atom stereocenters. The van der Waals surface area contributed by atoms with Crippen LogP contribution < -0.4 is 9.47 Å². The van der Waals surface area contributed by atoms with Gasteiger partial charge in [0.05, 0.1) is 30.3 Å². The maximum absolute atomic E-state index is 11.3. The Morgan fingerprint density at radius 1 is 1.29 bits per heavy atom. The van der Waals surface area contributed by atoms with Gasteiger partial charge in [-0.25, -0.2) is 0 Å². The van der Waals surface area contributed by atoms with Crippen LogP contribution in [0.4, 0.5) is 5.69 Å². The van der Waals surface area contributed by atoms with Gasteiger partial charge in [-0.05, 0) is 33.8 Å². The predicted molar refractivity (Wildman–Crippen MR) is 85.8 cm³/mol. The van der Waals surface area contributed by atoms with Crippen LogP contribution in [0, 0.1) is 10.1 Å². The maximum atomic E-state index is 11.3. The molecule has 0 aliphatic carbocycles. The van der Waals surface area contributed by atoms with Crippen LogP contribution in [0.1, 0.15) is 39.4 Å². The van der Waals surface area contributed by atoms with E-state index in [-0.39, 0.29) is 29.2 Å². The fraction of sp³-hybridized carbons (Fsp3) is 0.438. The number of carbonyl (C=O) groups is 1. The Labute approximate surface area is 140 Å². The van der Waals surface area contributed by atoms with Crippen molar-refractivity contribution in [3.63, 3.8) is 0 Å². The van der Waals surface area contributed by atoms with Crippen LogP contribution in [-0.4, -0.2) is 25.1 Å². The highest BCUT2D eigenvalue weighted by Crippen LogP contribution is 2.39. The molecular formula is C16H21NO7. The fourth-order valence-electron chi connectivity index (χ4n) is 2.00. The lowest BCUT2D eigenvalue weighted by Gasteiger charge is -2.16.